The van der Waals surface area contributed by atoms with Gasteiger partial charge in [-0.3, -0.25) is 0 Å². The second-order valence-electron chi connectivity index (χ2n) is 5.82. The van der Waals surface area contributed by atoms with Crippen LogP contribution in [0.25, 0.3) is 0 Å². The Bertz CT molecular complexity index is 339. The SMILES string of the molecule is COCCCn1ccnc1NCC(C(C)C)C(C)C. The maximum Gasteiger partial charge on any atom is 0.202 e. The minimum atomic E-state index is 0.670. The molecule has 0 saturated heterocycles. The maximum atomic E-state index is 5.09. The van der Waals surface area contributed by atoms with Crippen molar-refractivity contribution in [2.75, 3.05) is 25.6 Å². The molecule has 1 aromatic heterocycles. The van der Waals surface area contributed by atoms with Crippen molar-refractivity contribution in [2.24, 2.45) is 17.8 Å². The van der Waals surface area contributed by atoms with Gasteiger partial charge in [0.2, 0.25) is 5.95 Å². The van der Waals surface area contributed by atoms with E-state index in [1.807, 2.05) is 12.4 Å². The van der Waals surface area contributed by atoms with Crippen LogP contribution in [0, 0.1) is 17.8 Å². The molecule has 0 fully saturated rings. The monoisotopic (exact) mass is 267 g/mol. The summed E-state index contributed by atoms with van der Waals surface area (Å²) >= 11 is 0. The third-order valence-corrected chi connectivity index (χ3v) is 3.67. The Hall–Kier alpha value is -1.03. The van der Waals surface area contributed by atoms with E-state index in [0.717, 1.165) is 32.1 Å². The molecule has 0 aromatic carbocycles. The van der Waals surface area contributed by atoms with Gasteiger partial charge in [-0.25, -0.2) is 4.98 Å². The zero-order valence-electron chi connectivity index (χ0n) is 13.0. The fourth-order valence-electron chi connectivity index (χ4n) is 2.49. The topological polar surface area (TPSA) is 39.1 Å². The fraction of sp³-hybridized carbons (Fsp3) is 0.800. The van der Waals surface area contributed by atoms with E-state index in [9.17, 15) is 0 Å². The maximum absolute atomic E-state index is 5.09. The first kappa shape index (κ1) is 16.0. The summed E-state index contributed by atoms with van der Waals surface area (Å²) in [5.41, 5.74) is 0. The van der Waals surface area contributed by atoms with Crippen molar-refractivity contribution in [1.29, 1.82) is 0 Å². The normalized spacial score (nSPS) is 11.8. The van der Waals surface area contributed by atoms with Crippen LogP contribution in [0.1, 0.15) is 34.1 Å². The van der Waals surface area contributed by atoms with Gasteiger partial charge in [-0.15, -0.1) is 0 Å². The van der Waals surface area contributed by atoms with Gasteiger partial charge in [-0.2, -0.15) is 0 Å². The minimum absolute atomic E-state index is 0.670. The van der Waals surface area contributed by atoms with E-state index in [-0.39, 0.29) is 0 Å². The number of ether oxygens (including phenoxy) is 1. The molecule has 4 nitrogen and oxygen atoms in total. The van der Waals surface area contributed by atoms with Gasteiger partial charge in [0.05, 0.1) is 0 Å². The molecule has 1 aromatic rings. The molecule has 4 heteroatoms. The first-order valence-corrected chi connectivity index (χ1v) is 7.30. The van der Waals surface area contributed by atoms with Crippen molar-refractivity contribution >= 4 is 5.95 Å². The lowest BCUT2D eigenvalue weighted by molar-refractivity contribution is 0.190. The highest BCUT2D eigenvalue weighted by Crippen LogP contribution is 2.21. The van der Waals surface area contributed by atoms with Gasteiger partial charge >= 0.3 is 0 Å². The summed E-state index contributed by atoms with van der Waals surface area (Å²) in [5, 5.41) is 3.49. The van der Waals surface area contributed by atoms with Crippen molar-refractivity contribution in [1.82, 2.24) is 9.55 Å². The summed E-state index contributed by atoms with van der Waals surface area (Å²) in [6, 6.07) is 0. The molecule has 0 aliphatic heterocycles. The largest absolute Gasteiger partial charge is 0.385 e. The average Bonchev–Trinajstić information content (AvgIpc) is 2.76. The summed E-state index contributed by atoms with van der Waals surface area (Å²) in [4.78, 5) is 4.40. The molecule has 0 spiro atoms. The third-order valence-electron chi connectivity index (χ3n) is 3.67. The number of nitrogens with zero attached hydrogens (tertiary/aromatic N) is 2. The van der Waals surface area contributed by atoms with Crippen LogP contribution in [0.4, 0.5) is 5.95 Å². The van der Waals surface area contributed by atoms with Crippen LogP contribution in [0.15, 0.2) is 12.4 Å². The van der Waals surface area contributed by atoms with E-state index in [1.165, 1.54) is 0 Å². The van der Waals surface area contributed by atoms with Crippen LogP contribution in [0.5, 0.6) is 0 Å². The number of nitrogens with one attached hydrogen (secondary N) is 1. The Morgan fingerprint density at radius 2 is 1.95 bits per heavy atom. The predicted octanol–water partition coefficient (Wildman–Crippen LogP) is 3.26. The molecule has 0 aliphatic rings. The van der Waals surface area contributed by atoms with E-state index in [4.69, 9.17) is 4.74 Å². The lowest BCUT2D eigenvalue weighted by Gasteiger charge is -2.25. The van der Waals surface area contributed by atoms with Crippen LogP contribution in [0.3, 0.4) is 0 Å². The summed E-state index contributed by atoms with van der Waals surface area (Å²) in [7, 11) is 1.74. The number of imidazole rings is 1. The Morgan fingerprint density at radius 3 is 2.53 bits per heavy atom. The van der Waals surface area contributed by atoms with Gasteiger partial charge in [0.15, 0.2) is 0 Å². The number of hydrogen-bond acceptors (Lipinski definition) is 3. The molecule has 0 amide bonds. The van der Waals surface area contributed by atoms with Gasteiger partial charge in [0.1, 0.15) is 0 Å². The third kappa shape index (κ3) is 5.23. The molecule has 0 radical (unpaired) electrons. The average molecular weight is 267 g/mol. The van der Waals surface area contributed by atoms with Crippen LogP contribution >= 0.6 is 0 Å². The summed E-state index contributed by atoms with van der Waals surface area (Å²) < 4.78 is 7.25. The molecule has 1 heterocycles. The van der Waals surface area contributed by atoms with Crippen molar-refractivity contribution in [3.63, 3.8) is 0 Å². The molecule has 0 atom stereocenters. The van der Waals surface area contributed by atoms with Gasteiger partial charge in [0, 0.05) is 39.2 Å². The lowest BCUT2D eigenvalue weighted by Crippen LogP contribution is -2.25. The molecule has 1 N–H and O–H groups in total. The van der Waals surface area contributed by atoms with Gasteiger partial charge < -0.3 is 14.6 Å². The van der Waals surface area contributed by atoms with Crippen molar-refractivity contribution in [2.45, 2.75) is 40.7 Å². The lowest BCUT2D eigenvalue weighted by atomic mass is 9.85. The Balaban J connectivity index is 2.50. The Labute approximate surface area is 117 Å². The van der Waals surface area contributed by atoms with Crippen LogP contribution in [-0.4, -0.2) is 29.8 Å². The number of aromatic nitrogens is 2. The van der Waals surface area contributed by atoms with Gasteiger partial charge in [-0.05, 0) is 24.2 Å². The molecule has 0 saturated carbocycles. The molecular weight excluding hydrogens is 238 g/mol. The number of aryl methyl sites for hydroxylation is 1. The highest BCUT2D eigenvalue weighted by molar-refractivity contribution is 5.25. The molecule has 110 valence electrons. The van der Waals surface area contributed by atoms with Crippen molar-refractivity contribution in [3.05, 3.63) is 12.4 Å². The van der Waals surface area contributed by atoms with Crippen molar-refractivity contribution < 1.29 is 4.74 Å². The highest BCUT2D eigenvalue weighted by Gasteiger charge is 2.17. The molecule has 0 bridgehead atoms. The molecular formula is C15H29N3O. The zero-order chi connectivity index (χ0) is 14.3. The Kier molecular flexibility index (Phi) is 6.92. The van der Waals surface area contributed by atoms with E-state index in [1.54, 1.807) is 7.11 Å². The van der Waals surface area contributed by atoms with E-state index in [2.05, 4.69) is 42.6 Å². The summed E-state index contributed by atoms with van der Waals surface area (Å²) in [6.07, 6.45) is 4.89. The summed E-state index contributed by atoms with van der Waals surface area (Å²) in [6.45, 7) is 11.9. The van der Waals surface area contributed by atoms with Crippen LogP contribution in [0.2, 0.25) is 0 Å². The predicted molar refractivity (Wildman–Crippen MR) is 80.4 cm³/mol. The van der Waals surface area contributed by atoms with Gasteiger partial charge in [0.25, 0.3) is 0 Å². The summed E-state index contributed by atoms with van der Waals surface area (Å²) in [5.74, 6) is 3.01. The fourth-order valence-corrected chi connectivity index (χ4v) is 2.49. The molecule has 19 heavy (non-hydrogen) atoms. The number of anilines is 1. The second kappa shape index (κ2) is 8.20. The first-order chi connectivity index (χ1) is 9.06. The smallest absolute Gasteiger partial charge is 0.202 e. The van der Waals surface area contributed by atoms with E-state index < -0.39 is 0 Å². The van der Waals surface area contributed by atoms with Crippen LogP contribution in [-0.2, 0) is 11.3 Å². The minimum Gasteiger partial charge on any atom is -0.385 e. The van der Waals surface area contributed by atoms with Crippen molar-refractivity contribution in [3.8, 4) is 0 Å². The van der Waals surface area contributed by atoms with E-state index >= 15 is 0 Å². The first-order valence-electron chi connectivity index (χ1n) is 7.30. The quantitative estimate of drug-likeness (QED) is 0.698. The number of hydrogen-bond donors (Lipinski definition) is 1. The molecule has 0 aliphatic carbocycles. The molecule has 0 unspecified atom stereocenters. The second-order valence-corrected chi connectivity index (χ2v) is 5.82. The highest BCUT2D eigenvalue weighted by atomic mass is 16.5. The standard InChI is InChI=1S/C15H29N3O/c1-12(2)14(13(3)4)11-17-15-16-7-9-18(15)8-6-10-19-5/h7,9,12-14H,6,8,10-11H2,1-5H3,(H,16,17). The van der Waals surface area contributed by atoms with Crippen LogP contribution < -0.4 is 5.32 Å². The van der Waals surface area contributed by atoms with Gasteiger partial charge in [-0.1, -0.05) is 27.7 Å². The zero-order valence-corrected chi connectivity index (χ0v) is 13.0. The molecule has 1 rings (SSSR count). The number of methoxy groups -OCH3 is 1. The Morgan fingerprint density at radius 1 is 1.26 bits per heavy atom. The van der Waals surface area contributed by atoms with E-state index in [0.29, 0.717) is 17.8 Å². The number of rotatable bonds is 9.